The van der Waals surface area contributed by atoms with Gasteiger partial charge in [0.1, 0.15) is 5.84 Å². The molecule has 1 aliphatic carbocycles. The molecule has 0 bridgehead atoms. The molecule has 0 atom stereocenters. The van der Waals surface area contributed by atoms with E-state index >= 15 is 0 Å². The molecule has 6 nitrogen and oxygen atoms in total. The Hall–Kier alpha value is -1.89. The Labute approximate surface area is 123 Å². The van der Waals surface area contributed by atoms with Crippen LogP contribution in [0, 0.1) is 0 Å². The van der Waals surface area contributed by atoms with Crippen molar-refractivity contribution in [3.63, 3.8) is 0 Å². The van der Waals surface area contributed by atoms with Crippen molar-refractivity contribution in [3.8, 4) is 0 Å². The maximum absolute atomic E-state index is 12.1. The Balaban J connectivity index is 2.06. The summed E-state index contributed by atoms with van der Waals surface area (Å²) in [6, 6.07) is 6.62. The Morgan fingerprint density at radius 3 is 2.62 bits per heavy atom. The number of aliphatic imine (C=N–C) groups is 1. The van der Waals surface area contributed by atoms with Gasteiger partial charge in [0.05, 0.1) is 16.9 Å². The summed E-state index contributed by atoms with van der Waals surface area (Å²) in [6.45, 7) is 0. The third kappa shape index (κ3) is 2.53. The number of carboxylic acids is 1. The van der Waals surface area contributed by atoms with E-state index in [1.165, 1.54) is 6.07 Å². The second-order valence-corrected chi connectivity index (χ2v) is 7.21. The molecule has 0 spiro atoms. The lowest BCUT2D eigenvalue weighted by molar-refractivity contribution is -0.138. The highest BCUT2D eigenvalue weighted by molar-refractivity contribution is 7.90. The first-order valence-corrected chi connectivity index (χ1v) is 8.34. The number of benzene rings is 1. The van der Waals surface area contributed by atoms with Crippen molar-refractivity contribution in [2.75, 3.05) is 0 Å². The van der Waals surface area contributed by atoms with Gasteiger partial charge in [0.15, 0.2) is 0 Å². The van der Waals surface area contributed by atoms with Gasteiger partial charge in [-0.05, 0) is 25.0 Å². The quantitative estimate of drug-likeness (QED) is 0.884. The largest absolute Gasteiger partial charge is 0.481 e. The van der Waals surface area contributed by atoms with Gasteiger partial charge in [-0.15, -0.1) is 0 Å². The normalized spacial score (nSPS) is 23.7. The number of aliphatic carboxylic acids is 1. The lowest BCUT2D eigenvalue weighted by Crippen LogP contribution is -2.31. The number of amidine groups is 1. The van der Waals surface area contributed by atoms with Crippen LogP contribution in [-0.2, 0) is 14.8 Å². The molecule has 1 aliphatic heterocycles. The van der Waals surface area contributed by atoms with Gasteiger partial charge < -0.3 is 5.11 Å². The number of carboxylic acid groups (broad SMARTS) is 1. The summed E-state index contributed by atoms with van der Waals surface area (Å²) in [7, 11) is -3.58. The minimum absolute atomic E-state index is 0.0691. The number of fused-ring (bicyclic) bond motifs is 1. The topological polar surface area (TPSA) is 95.8 Å². The molecule has 0 amide bonds. The van der Waals surface area contributed by atoms with Crippen LogP contribution in [-0.4, -0.2) is 30.9 Å². The fraction of sp³-hybridized carbons (Fsp3) is 0.429. The first-order chi connectivity index (χ1) is 9.92. The number of rotatable bonds is 3. The van der Waals surface area contributed by atoms with Crippen molar-refractivity contribution in [1.82, 2.24) is 4.72 Å². The van der Waals surface area contributed by atoms with Crippen molar-refractivity contribution < 1.29 is 18.3 Å². The molecular formula is C14H16N2O4S. The number of nitrogens with zero attached hydrogens (tertiary/aromatic N) is 1. The molecule has 2 N–H and O–H groups in total. The van der Waals surface area contributed by atoms with Crippen LogP contribution < -0.4 is 4.72 Å². The SMILES string of the molecule is O=C(O)CC1(N=C2NS(=O)(=O)c3ccccc32)CCCC1. The zero-order chi connectivity index (χ0) is 15.1. The summed E-state index contributed by atoms with van der Waals surface area (Å²) in [6.07, 6.45) is 3.11. The molecule has 1 fully saturated rings. The van der Waals surface area contributed by atoms with Gasteiger partial charge in [0.2, 0.25) is 0 Å². The summed E-state index contributed by atoms with van der Waals surface area (Å²) < 4.78 is 26.6. The molecule has 0 saturated heterocycles. The van der Waals surface area contributed by atoms with Gasteiger partial charge in [-0.3, -0.25) is 14.5 Å². The third-order valence-corrected chi connectivity index (χ3v) is 5.42. The molecule has 0 unspecified atom stereocenters. The molecule has 1 aromatic carbocycles. The summed E-state index contributed by atoms with van der Waals surface area (Å²) in [5.41, 5.74) is -0.171. The van der Waals surface area contributed by atoms with Gasteiger partial charge in [-0.1, -0.05) is 25.0 Å². The molecule has 0 aromatic heterocycles. The van der Waals surface area contributed by atoms with E-state index < -0.39 is 21.5 Å². The van der Waals surface area contributed by atoms with Gasteiger partial charge in [-0.2, -0.15) is 0 Å². The van der Waals surface area contributed by atoms with Crippen molar-refractivity contribution >= 4 is 21.8 Å². The van der Waals surface area contributed by atoms with Crippen molar-refractivity contribution in [2.45, 2.75) is 42.5 Å². The second-order valence-electron chi connectivity index (χ2n) is 5.56. The first-order valence-electron chi connectivity index (χ1n) is 6.86. The Morgan fingerprint density at radius 2 is 1.95 bits per heavy atom. The van der Waals surface area contributed by atoms with Crippen LogP contribution >= 0.6 is 0 Å². The van der Waals surface area contributed by atoms with Crippen molar-refractivity contribution in [2.24, 2.45) is 4.99 Å². The van der Waals surface area contributed by atoms with Crippen LogP contribution in [0.5, 0.6) is 0 Å². The van der Waals surface area contributed by atoms with Crippen LogP contribution in [0.25, 0.3) is 0 Å². The average molecular weight is 308 g/mol. The van der Waals surface area contributed by atoms with Crippen LogP contribution in [0.3, 0.4) is 0 Å². The van der Waals surface area contributed by atoms with E-state index in [0.717, 1.165) is 12.8 Å². The van der Waals surface area contributed by atoms with Gasteiger partial charge in [0, 0.05) is 5.56 Å². The van der Waals surface area contributed by atoms with E-state index in [-0.39, 0.29) is 17.2 Å². The minimum Gasteiger partial charge on any atom is -0.481 e. The number of hydrogen-bond acceptors (Lipinski definition) is 4. The summed E-state index contributed by atoms with van der Waals surface area (Å²) in [4.78, 5) is 15.8. The molecule has 7 heteroatoms. The highest BCUT2D eigenvalue weighted by atomic mass is 32.2. The average Bonchev–Trinajstić information content (AvgIpc) is 2.94. The Morgan fingerprint density at radius 1 is 1.29 bits per heavy atom. The number of carbonyl (C=O) groups is 1. The van der Waals surface area contributed by atoms with E-state index in [1.54, 1.807) is 18.2 Å². The molecule has 1 aromatic rings. The van der Waals surface area contributed by atoms with Crippen LogP contribution in [0.2, 0.25) is 0 Å². The zero-order valence-electron chi connectivity index (χ0n) is 11.4. The predicted molar refractivity (Wildman–Crippen MR) is 76.8 cm³/mol. The van der Waals surface area contributed by atoms with Crippen molar-refractivity contribution in [1.29, 1.82) is 0 Å². The van der Waals surface area contributed by atoms with Crippen LogP contribution in [0.4, 0.5) is 0 Å². The van der Waals surface area contributed by atoms with E-state index in [9.17, 15) is 13.2 Å². The standard InChI is InChI=1S/C14H16N2O4S/c17-12(18)9-14(7-3-4-8-14)15-13-10-5-1-2-6-11(10)21(19,20)16-13/h1-2,5-6H,3-4,7-9H2,(H,15,16)(H,17,18). The Kier molecular flexibility index (Phi) is 3.24. The number of nitrogens with one attached hydrogen (secondary N) is 1. The lowest BCUT2D eigenvalue weighted by atomic mass is 9.94. The van der Waals surface area contributed by atoms with E-state index in [0.29, 0.717) is 18.4 Å². The zero-order valence-corrected chi connectivity index (χ0v) is 12.2. The summed E-state index contributed by atoms with van der Waals surface area (Å²) in [5, 5.41) is 9.10. The monoisotopic (exact) mass is 308 g/mol. The fourth-order valence-electron chi connectivity index (χ4n) is 3.10. The number of sulfonamides is 1. The molecule has 0 radical (unpaired) electrons. The molecule has 1 saturated carbocycles. The van der Waals surface area contributed by atoms with E-state index in [1.807, 2.05) is 0 Å². The summed E-state index contributed by atoms with van der Waals surface area (Å²) >= 11 is 0. The van der Waals surface area contributed by atoms with Crippen molar-refractivity contribution in [3.05, 3.63) is 29.8 Å². The Bertz CT molecular complexity index is 718. The van der Waals surface area contributed by atoms with Crippen LogP contribution in [0.1, 0.15) is 37.7 Å². The molecule has 112 valence electrons. The fourth-order valence-corrected chi connectivity index (χ4v) is 4.33. The molecular weight excluding hydrogens is 292 g/mol. The van der Waals surface area contributed by atoms with E-state index in [4.69, 9.17) is 5.11 Å². The third-order valence-electron chi connectivity index (χ3n) is 4.03. The molecule has 2 aliphatic rings. The van der Waals surface area contributed by atoms with E-state index in [2.05, 4.69) is 9.71 Å². The maximum Gasteiger partial charge on any atom is 0.305 e. The number of hydrogen-bond donors (Lipinski definition) is 2. The van der Waals surface area contributed by atoms with Gasteiger partial charge >= 0.3 is 5.97 Å². The minimum atomic E-state index is -3.58. The highest BCUT2D eigenvalue weighted by Crippen LogP contribution is 2.37. The highest BCUT2D eigenvalue weighted by Gasteiger charge is 2.39. The molecule has 3 rings (SSSR count). The second kappa shape index (κ2) is 4.84. The smallest absolute Gasteiger partial charge is 0.305 e. The molecule has 1 heterocycles. The summed E-state index contributed by atoms with van der Waals surface area (Å²) in [5.74, 6) is -0.635. The predicted octanol–water partition coefficient (Wildman–Crippen LogP) is 1.51. The van der Waals surface area contributed by atoms with Gasteiger partial charge in [-0.25, -0.2) is 8.42 Å². The maximum atomic E-state index is 12.1. The van der Waals surface area contributed by atoms with Crippen LogP contribution in [0.15, 0.2) is 34.2 Å². The molecule has 21 heavy (non-hydrogen) atoms. The first kappa shape index (κ1) is 14.1. The van der Waals surface area contributed by atoms with Gasteiger partial charge in [0.25, 0.3) is 10.0 Å². The lowest BCUT2D eigenvalue weighted by Gasteiger charge is -2.22.